The number of halogens is 1. The summed E-state index contributed by atoms with van der Waals surface area (Å²) in [6.45, 7) is 6.84. The monoisotopic (exact) mass is 521 g/mol. The van der Waals surface area contributed by atoms with Crippen molar-refractivity contribution in [3.63, 3.8) is 0 Å². The lowest BCUT2D eigenvalue weighted by Crippen LogP contribution is -2.55. The van der Waals surface area contributed by atoms with Gasteiger partial charge in [0.05, 0.1) is 0 Å². The number of phenols is 1. The molecule has 3 aliphatic heterocycles. The van der Waals surface area contributed by atoms with E-state index in [0.717, 1.165) is 53.9 Å². The van der Waals surface area contributed by atoms with Crippen LogP contribution in [0.25, 0.3) is 10.9 Å². The number of phenolic OH excluding ortho intramolecular Hbond substituents is 1. The summed E-state index contributed by atoms with van der Waals surface area (Å²) in [5.41, 5.74) is 2.55. The number of amides is 3. The highest BCUT2D eigenvalue weighted by atomic mass is 35.5. The Morgan fingerprint density at radius 3 is 2.59 bits per heavy atom. The Hall–Kier alpha value is -3.07. The summed E-state index contributed by atoms with van der Waals surface area (Å²) in [6.07, 6.45) is 0.911. The number of nitrogens with zero attached hydrogens (tertiary/aromatic N) is 4. The van der Waals surface area contributed by atoms with Crippen LogP contribution in [0.15, 0.2) is 42.5 Å². The highest BCUT2D eigenvalue weighted by molar-refractivity contribution is 6.31. The van der Waals surface area contributed by atoms with Gasteiger partial charge in [-0.05, 0) is 54.9 Å². The van der Waals surface area contributed by atoms with E-state index in [1.54, 1.807) is 23.1 Å². The van der Waals surface area contributed by atoms with Crippen molar-refractivity contribution in [1.82, 2.24) is 24.6 Å². The molecule has 1 aromatic heterocycles. The summed E-state index contributed by atoms with van der Waals surface area (Å²) in [5.74, 6) is -0.0166. The minimum Gasteiger partial charge on any atom is -0.508 e. The zero-order chi connectivity index (χ0) is 25.9. The number of H-pyrrole nitrogens is 1. The molecule has 3 aliphatic rings. The maximum atomic E-state index is 14.2. The third kappa shape index (κ3) is 3.81. The maximum absolute atomic E-state index is 14.2. The molecule has 3 aromatic rings. The smallest absolute Gasteiger partial charge is 0.328 e. The molecule has 0 bridgehead atoms. The van der Waals surface area contributed by atoms with Crippen molar-refractivity contribution in [2.75, 3.05) is 46.3 Å². The molecule has 194 valence electrons. The van der Waals surface area contributed by atoms with Crippen molar-refractivity contribution in [3.8, 4) is 5.75 Å². The molecular formula is C28H32ClN5O3. The van der Waals surface area contributed by atoms with Gasteiger partial charge in [0.2, 0.25) is 0 Å². The van der Waals surface area contributed by atoms with Crippen LogP contribution in [0.4, 0.5) is 4.79 Å². The molecule has 2 unspecified atom stereocenters. The molecule has 0 spiro atoms. The quantitative estimate of drug-likeness (QED) is 0.499. The van der Waals surface area contributed by atoms with E-state index in [0.29, 0.717) is 31.0 Å². The van der Waals surface area contributed by atoms with Crippen molar-refractivity contribution in [2.45, 2.75) is 31.3 Å². The molecule has 0 aliphatic carbocycles. The first-order valence-corrected chi connectivity index (χ1v) is 13.4. The molecule has 9 heteroatoms. The Bertz CT molecular complexity index is 1380. The van der Waals surface area contributed by atoms with E-state index in [9.17, 15) is 14.7 Å². The number of fused-ring (bicyclic) bond motifs is 4. The number of benzene rings is 2. The summed E-state index contributed by atoms with van der Waals surface area (Å²) < 4.78 is 0. The van der Waals surface area contributed by atoms with Gasteiger partial charge >= 0.3 is 6.03 Å². The number of hydrogen-bond acceptors (Lipinski definition) is 5. The topological polar surface area (TPSA) is 83.1 Å². The molecule has 2 atom stereocenters. The lowest BCUT2D eigenvalue weighted by molar-refractivity contribution is -0.134. The van der Waals surface area contributed by atoms with Gasteiger partial charge in [-0.15, -0.1) is 0 Å². The number of piperazine rings is 1. The van der Waals surface area contributed by atoms with Crippen LogP contribution in [0.3, 0.4) is 0 Å². The van der Waals surface area contributed by atoms with E-state index in [2.05, 4.69) is 21.8 Å². The number of rotatable bonds is 5. The molecule has 2 saturated heterocycles. The fourth-order valence-corrected chi connectivity index (χ4v) is 6.50. The van der Waals surface area contributed by atoms with Crippen molar-refractivity contribution in [3.05, 3.63) is 64.3 Å². The van der Waals surface area contributed by atoms with E-state index < -0.39 is 11.6 Å². The van der Waals surface area contributed by atoms with E-state index in [-0.39, 0.29) is 17.7 Å². The first kappa shape index (κ1) is 24.3. The number of carbonyl (C=O) groups is 2. The Morgan fingerprint density at radius 1 is 1.08 bits per heavy atom. The van der Waals surface area contributed by atoms with Crippen LogP contribution < -0.4 is 0 Å². The van der Waals surface area contributed by atoms with Crippen LogP contribution in [0, 0.1) is 0 Å². The van der Waals surface area contributed by atoms with Crippen molar-refractivity contribution >= 4 is 34.4 Å². The number of carbonyl (C=O) groups excluding carboxylic acids is 2. The molecule has 2 N–H and O–H groups in total. The van der Waals surface area contributed by atoms with Crippen molar-refractivity contribution in [1.29, 1.82) is 0 Å². The number of imide groups is 1. The van der Waals surface area contributed by atoms with Gasteiger partial charge in [-0.1, -0.05) is 30.7 Å². The second-order valence-corrected chi connectivity index (χ2v) is 11.0. The van der Waals surface area contributed by atoms with Gasteiger partial charge in [-0.25, -0.2) is 4.79 Å². The van der Waals surface area contributed by atoms with Gasteiger partial charge in [0.15, 0.2) is 0 Å². The van der Waals surface area contributed by atoms with Gasteiger partial charge < -0.3 is 15.0 Å². The third-order valence-electron chi connectivity index (χ3n) is 8.45. The van der Waals surface area contributed by atoms with Gasteiger partial charge in [-0.3, -0.25) is 19.5 Å². The Morgan fingerprint density at radius 2 is 1.86 bits per heavy atom. The summed E-state index contributed by atoms with van der Waals surface area (Å²) in [5, 5.41) is 11.9. The summed E-state index contributed by atoms with van der Waals surface area (Å²) in [7, 11) is 2.11. The number of nitrogens with one attached hydrogen (secondary N) is 1. The Labute approximate surface area is 221 Å². The lowest BCUT2D eigenvalue weighted by Gasteiger charge is -2.44. The molecule has 4 heterocycles. The van der Waals surface area contributed by atoms with Crippen LogP contribution in [-0.4, -0.2) is 93.5 Å². The van der Waals surface area contributed by atoms with Gasteiger partial charge in [0.1, 0.15) is 17.3 Å². The van der Waals surface area contributed by atoms with E-state index in [4.69, 9.17) is 11.6 Å². The van der Waals surface area contributed by atoms with Crippen LogP contribution in [0.2, 0.25) is 5.02 Å². The van der Waals surface area contributed by atoms with E-state index in [1.807, 2.05) is 31.2 Å². The number of likely N-dealkylation sites (N-methyl/N-ethyl adjacent to an activating group) is 1. The van der Waals surface area contributed by atoms with Gasteiger partial charge in [0, 0.05) is 67.3 Å². The minimum absolute atomic E-state index is 0.121. The molecule has 37 heavy (non-hydrogen) atoms. The normalized spacial score (nSPS) is 24.7. The average molecular weight is 522 g/mol. The SMILES string of the molecule is CCC12Cc3c([nH]c4ccc(Cl)cc34)C(c3cccc(O)c3)N1C(=O)N(CCN1CCN(C)CC1)C2=O. The largest absolute Gasteiger partial charge is 0.508 e. The summed E-state index contributed by atoms with van der Waals surface area (Å²) in [6, 6.07) is 11.9. The fourth-order valence-electron chi connectivity index (χ4n) is 6.33. The molecule has 2 fully saturated rings. The maximum Gasteiger partial charge on any atom is 0.328 e. The van der Waals surface area contributed by atoms with Crippen LogP contribution in [-0.2, 0) is 11.2 Å². The number of urea groups is 1. The van der Waals surface area contributed by atoms with Gasteiger partial charge in [-0.2, -0.15) is 0 Å². The third-order valence-corrected chi connectivity index (χ3v) is 8.69. The van der Waals surface area contributed by atoms with Crippen LogP contribution in [0.1, 0.15) is 36.2 Å². The van der Waals surface area contributed by atoms with Crippen LogP contribution in [0.5, 0.6) is 5.75 Å². The van der Waals surface area contributed by atoms with Crippen molar-refractivity contribution in [2.24, 2.45) is 0 Å². The number of aromatic nitrogens is 1. The second-order valence-electron chi connectivity index (χ2n) is 10.5. The number of aromatic hydroxyl groups is 1. The summed E-state index contributed by atoms with van der Waals surface area (Å²) in [4.78, 5) is 39.6. The first-order valence-electron chi connectivity index (χ1n) is 13.0. The zero-order valence-corrected chi connectivity index (χ0v) is 22.0. The predicted molar refractivity (Wildman–Crippen MR) is 143 cm³/mol. The second kappa shape index (κ2) is 9.04. The van der Waals surface area contributed by atoms with E-state index in [1.165, 1.54) is 4.90 Å². The zero-order valence-electron chi connectivity index (χ0n) is 21.2. The molecule has 8 nitrogen and oxygen atoms in total. The number of hydrogen-bond donors (Lipinski definition) is 2. The minimum atomic E-state index is -1.00. The summed E-state index contributed by atoms with van der Waals surface area (Å²) >= 11 is 6.38. The fraction of sp³-hybridized carbons (Fsp3) is 0.429. The highest BCUT2D eigenvalue weighted by Gasteiger charge is 2.61. The predicted octanol–water partition coefficient (Wildman–Crippen LogP) is 3.83. The highest BCUT2D eigenvalue weighted by Crippen LogP contribution is 2.50. The average Bonchev–Trinajstić information content (AvgIpc) is 3.34. The molecular weight excluding hydrogens is 490 g/mol. The molecule has 6 rings (SSSR count). The Balaban J connectivity index is 1.44. The van der Waals surface area contributed by atoms with Gasteiger partial charge in [0.25, 0.3) is 5.91 Å². The molecule has 0 radical (unpaired) electrons. The first-order chi connectivity index (χ1) is 17.8. The standard InChI is InChI=1S/C28H32ClN5O3/c1-3-28-17-22-21-16-19(29)7-8-23(21)30-24(22)25(18-5-4-6-20(35)15-18)34(28)27(37)33(26(28)36)14-13-32-11-9-31(2)10-12-32/h4-8,15-16,25,30,35H,3,9-14,17H2,1-2H3. The number of aromatic amines is 1. The van der Waals surface area contributed by atoms with Crippen LogP contribution >= 0.6 is 11.6 Å². The molecule has 0 saturated carbocycles. The molecule has 2 aromatic carbocycles. The van der Waals surface area contributed by atoms with E-state index >= 15 is 0 Å². The lowest BCUT2D eigenvalue weighted by atomic mass is 9.78. The van der Waals surface area contributed by atoms with Crippen molar-refractivity contribution < 1.29 is 14.7 Å². The molecule has 3 amide bonds. The Kier molecular flexibility index (Phi) is 5.93.